The number of aromatic nitrogens is 2. The predicted molar refractivity (Wildman–Crippen MR) is 50.4 cm³/mol. The largest absolute Gasteiger partial charge is 0.463 e. The van der Waals surface area contributed by atoms with E-state index in [9.17, 15) is 4.79 Å². The lowest BCUT2D eigenvalue weighted by molar-refractivity contribution is 0.0587. The van der Waals surface area contributed by atoms with Crippen LogP contribution in [0.5, 0.6) is 0 Å². The van der Waals surface area contributed by atoms with E-state index in [1.165, 1.54) is 7.11 Å². The van der Waals surface area contributed by atoms with Crippen LogP contribution in [0.15, 0.2) is 6.20 Å². The highest BCUT2D eigenvalue weighted by Crippen LogP contribution is 2.19. The summed E-state index contributed by atoms with van der Waals surface area (Å²) in [6, 6.07) is 0. The minimum atomic E-state index is -0.528. The van der Waals surface area contributed by atoms with Gasteiger partial charge in [-0.2, -0.15) is 0 Å². The number of methoxy groups -OCH3 is 1. The van der Waals surface area contributed by atoms with Gasteiger partial charge in [-0.3, -0.25) is 0 Å². The second-order valence-corrected chi connectivity index (χ2v) is 2.80. The molecule has 0 unspecified atom stereocenters. The van der Waals surface area contributed by atoms with Crippen LogP contribution in [-0.2, 0) is 4.74 Å². The zero-order valence-electron chi connectivity index (χ0n) is 7.70. The predicted octanol–water partition coefficient (Wildman–Crippen LogP) is 0.101. The molecule has 2 heterocycles. The van der Waals surface area contributed by atoms with Gasteiger partial charge in [0.15, 0.2) is 5.82 Å². The minimum absolute atomic E-state index is 0.0717. The number of carbonyl (C=O) groups excluding carboxylic acids is 1. The molecule has 0 bridgehead atoms. The van der Waals surface area contributed by atoms with Crippen LogP contribution in [0.25, 0.3) is 0 Å². The molecule has 0 saturated carbocycles. The molecule has 2 rings (SSSR count). The van der Waals surface area contributed by atoms with Crippen molar-refractivity contribution in [3.8, 4) is 0 Å². The van der Waals surface area contributed by atoms with E-state index in [0.29, 0.717) is 5.82 Å². The summed E-state index contributed by atoms with van der Waals surface area (Å²) >= 11 is 0. The smallest absolute Gasteiger partial charge is 0.376 e. The van der Waals surface area contributed by atoms with Gasteiger partial charge in [-0.05, 0) is 0 Å². The Kier molecular flexibility index (Phi) is 2.18. The molecule has 0 atom stereocenters. The van der Waals surface area contributed by atoms with Gasteiger partial charge in [0.25, 0.3) is 0 Å². The average molecular weight is 194 g/mol. The number of hydrogen-bond donors (Lipinski definition) is 2. The fourth-order valence-electron chi connectivity index (χ4n) is 1.21. The van der Waals surface area contributed by atoms with Crippen LogP contribution in [-0.4, -0.2) is 36.1 Å². The molecule has 0 spiro atoms. The first-order chi connectivity index (χ1) is 6.81. The lowest BCUT2D eigenvalue weighted by atomic mass is 10.3. The Labute approximate surface area is 80.7 Å². The molecule has 0 saturated heterocycles. The second kappa shape index (κ2) is 3.49. The molecule has 0 radical (unpaired) electrons. The summed E-state index contributed by atoms with van der Waals surface area (Å²) in [6.07, 6.45) is 1.57. The molecule has 0 amide bonds. The third-order valence-electron chi connectivity index (χ3n) is 1.89. The van der Waals surface area contributed by atoms with Gasteiger partial charge >= 0.3 is 5.97 Å². The highest BCUT2D eigenvalue weighted by molar-refractivity contribution is 5.86. The molecule has 1 aliphatic rings. The maximum Gasteiger partial charge on any atom is 0.376 e. The van der Waals surface area contributed by atoms with Crippen LogP contribution in [0, 0.1) is 0 Å². The fraction of sp³-hybridized carbons (Fsp3) is 0.375. The van der Waals surface area contributed by atoms with Crippen LogP contribution < -0.4 is 10.6 Å². The summed E-state index contributed by atoms with van der Waals surface area (Å²) in [5.41, 5.74) is 0.809. The summed E-state index contributed by atoms with van der Waals surface area (Å²) in [5, 5.41) is 6.17. The Bertz CT molecular complexity index is 366. The summed E-state index contributed by atoms with van der Waals surface area (Å²) in [5.74, 6) is 0.189. The van der Waals surface area contributed by atoms with Gasteiger partial charge in [-0.1, -0.05) is 0 Å². The molecular weight excluding hydrogens is 184 g/mol. The van der Waals surface area contributed by atoms with Crippen molar-refractivity contribution in [2.24, 2.45) is 0 Å². The zero-order chi connectivity index (χ0) is 9.97. The summed E-state index contributed by atoms with van der Waals surface area (Å²) < 4.78 is 4.52. The van der Waals surface area contributed by atoms with Crippen molar-refractivity contribution in [3.63, 3.8) is 0 Å². The normalized spacial score (nSPS) is 13.5. The van der Waals surface area contributed by atoms with E-state index < -0.39 is 5.97 Å². The number of anilines is 2. The summed E-state index contributed by atoms with van der Waals surface area (Å²) in [7, 11) is 1.30. The maximum atomic E-state index is 11.1. The van der Waals surface area contributed by atoms with E-state index >= 15 is 0 Å². The van der Waals surface area contributed by atoms with Crippen molar-refractivity contribution in [1.82, 2.24) is 9.97 Å². The van der Waals surface area contributed by atoms with Crippen molar-refractivity contribution in [2.75, 3.05) is 30.8 Å². The number of carbonyl (C=O) groups is 1. The van der Waals surface area contributed by atoms with E-state index in [-0.39, 0.29) is 5.82 Å². The van der Waals surface area contributed by atoms with Gasteiger partial charge < -0.3 is 15.4 Å². The Balaban J connectivity index is 2.33. The first-order valence-electron chi connectivity index (χ1n) is 4.24. The molecule has 1 aromatic heterocycles. The molecule has 2 N–H and O–H groups in total. The van der Waals surface area contributed by atoms with Gasteiger partial charge in [0.1, 0.15) is 0 Å². The molecule has 1 aromatic rings. The van der Waals surface area contributed by atoms with Crippen molar-refractivity contribution in [2.45, 2.75) is 0 Å². The van der Waals surface area contributed by atoms with E-state index in [0.717, 1.165) is 18.8 Å². The van der Waals surface area contributed by atoms with Crippen molar-refractivity contribution < 1.29 is 9.53 Å². The van der Waals surface area contributed by atoms with Crippen LogP contribution in [0.3, 0.4) is 0 Å². The second-order valence-electron chi connectivity index (χ2n) is 2.80. The number of ether oxygens (including phenoxy) is 1. The van der Waals surface area contributed by atoms with Crippen LogP contribution in [0.2, 0.25) is 0 Å². The number of nitrogens with zero attached hydrogens (tertiary/aromatic N) is 2. The highest BCUT2D eigenvalue weighted by atomic mass is 16.5. The molecule has 0 fully saturated rings. The SMILES string of the molecule is COC(=O)c1ncc2c(n1)NCCN2. The van der Waals surface area contributed by atoms with Gasteiger partial charge in [-0.25, -0.2) is 14.8 Å². The number of hydrogen-bond acceptors (Lipinski definition) is 6. The third kappa shape index (κ3) is 1.46. The number of esters is 1. The molecule has 0 aromatic carbocycles. The van der Waals surface area contributed by atoms with Gasteiger partial charge in [0.05, 0.1) is 19.0 Å². The van der Waals surface area contributed by atoms with E-state index in [2.05, 4.69) is 25.3 Å². The fourth-order valence-corrected chi connectivity index (χ4v) is 1.21. The molecule has 74 valence electrons. The lowest BCUT2D eigenvalue weighted by Crippen LogP contribution is -2.23. The van der Waals surface area contributed by atoms with Gasteiger partial charge in [-0.15, -0.1) is 0 Å². The Morgan fingerprint density at radius 3 is 3.07 bits per heavy atom. The molecule has 1 aliphatic heterocycles. The Morgan fingerprint density at radius 1 is 1.50 bits per heavy atom. The molecule has 6 nitrogen and oxygen atoms in total. The average Bonchev–Trinajstić information content (AvgIpc) is 2.27. The van der Waals surface area contributed by atoms with Gasteiger partial charge in [0.2, 0.25) is 5.82 Å². The van der Waals surface area contributed by atoms with Crippen molar-refractivity contribution in [1.29, 1.82) is 0 Å². The quantitative estimate of drug-likeness (QED) is 0.617. The minimum Gasteiger partial charge on any atom is -0.463 e. The maximum absolute atomic E-state index is 11.1. The van der Waals surface area contributed by atoms with E-state index in [1.807, 2.05) is 0 Å². The zero-order valence-corrected chi connectivity index (χ0v) is 7.70. The molecule has 0 aliphatic carbocycles. The molecular formula is C8H10N4O2. The van der Waals surface area contributed by atoms with Crippen LogP contribution in [0.1, 0.15) is 10.6 Å². The Hall–Kier alpha value is -1.85. The lowest BCUT2D eigenvalue weighted by Gasteiger charge is -2.18. The standard InChI is InChI=1S/C8H10N4O2/c1-14-8(13)7-11-4-5-6(12-7)10-3-2-9-5/h4,9H,2-3H2,1H3,(H,10,11,12). The van der Waals surface area contributed by atoms with E-state index in [4.69, 9.17) is 0 Å². The monoisotopic (exact) mass is 194 g/mol. The third-order valence-corrected chi connectivity index (χ3v) is 1.89. The first kappa shape index (κ1) is 8.74. The molecule has 6 heteroatoms. The van der Waals surface area contributed by atoms with Crippen LogP contribution >= 0.6 is 0 Å². The highest BCUT2D eigenvalue weighted by Gasteiger charge is 2.15. The number of nitrogens with one attached hydrogen (secondary N) is 2. The molecule has 14 heavy (non-hydrogen) atoms. The van der Waals surface area contributed by atoms with Gasteiger partial charge in [0, 0.05) is 13.1 Å². The Morgan fingerprint density at radius 2 is 2.29 bits per heavy atom. The van der Waals surface area contributed by atoms with Crippen molar-refractivity contribution >= 4 is 17.5 Å². The summed E-state index contributed by atoms with van der Waals surface area (Å²) in [4.78, 5) is 19.0. The van der Waals surface area contributed by atoms with Crippen LogP contribution in [0.4, 0.5) is 11.5 Å². The number of rotatable bonds is 1. The number of fused-ring (bicyclic) bond motifs is 1. The topological polar surface area (TPSA) is 76.1 Å². The van der Waals surface area contributed by atoms with Crippen molar-refractivity contribution in [3.05, 3.63) is 12.0 Å². The summed E-state index contributed by atoms with van der Waals surface area (Å²) in [6.45, 7) is 1.61. The van der Waals surface area contributed by atoms with E-state index in [1.54, 1.807) is 6.20 Å². The first-order valence-corrected chi connectivity index (χ1v) is 4.24.